The number of aromatic nitrogens is 5. The van der Waals surface area contributed by atoms with Gasteiger partial charge in [-0.3, -0.25) is 4.79 Å². The number of fused-ring (bicyclic) bond motifs is 1. The van der Waals surface area contributed by atoms with Gasteiger partial charge in [0.25, 0.3) is 5.91 Å². The third-order valence-corrected chi connectivity index (χ3v) is 5.49. The van der Waals surface area contributed by atoms with Gasteiger partial charge in [-0.05, 0) is 43.5 Å². The number of hydrogen-bond acceptors (Lipinski definition) is 4. The van der Waals surface area contributed by atoms with Crippen LogP contribution in [0, 0.1) is 5.82 Å². The van der Waals surface area contributed by atoms with Crippen molar-refractivity contribution in [3.8, 4) is 0 Å². The predicted octanol–water partition coefficient (Wildman–Crippen LogP) is 4.53. The molecule has 166 valence electrons. The van der Waals surface area contributed by atoms with Gasteiger partial charge in [0.1, 0.15) is 17.7 Å². The van der Waals surface area contributed by atoms with E-state index in [9.17, 15) is 9.18 Å². The Balaban J connectivity index is 1.81. The van der Waals surface area contributed by atoms with E-state index in [0.29, 0.717) is 28.0 Å². The molecule has 4 aromatic rings. The lowest BCUT2D eigenvalue weighted by molar-refractivity contribution is 0.0942. The number of benzene rings is 1. The smallest absolute Gasteiger partial charge is 0.253 e. The van der Waals surface area contributed by atoms with E-state index in [1.165, 1.54) is 12.1 Å². The zero-order valence-electron chi connectivity index (χ0n) is 18.9. The molecule has 0 bridgehead atoms. The van der Waals surface area contributed by atoms with E-state index < -0.39 is 6.04 Å². The largest absolute Gasteiger partial charge is 0.338 e. The van der Waals surface area contributed by atoms with Crippen LogP contribution in [-0.4, -0.2) is 30.2 Å². The second-order valence-corrected chi connectivity index (χ2v) is 8.53. The van der Waals surface area contributed by atoms with Crippen molar-refractivity contribution >= 4 is 16.9 Å². The molecule has 0 spiro atoms. The van der Waals surface area contributed by atoms with Crippen molar-refractivity contribution in [2.75, 3.05) is 0 Å². The van der Waals surface area contributed by atoms with Gasteiger partial charge >= 0.3 is 0 Å². The van der Waals surface area contributed by atoms with Crippen molar-refractivity contribution < 1.29 is 9.18 Å². The fourth-order valence-electron chi connectivity index (χ4n) is 3.75. The Labute approximate surface area is 186 Å². The van der Waals surface area contributed by atoms with E-state index in [1.807, 2.05) is 50.1 Å². The summed E-state index contributed by atoms with van der Waals surface area (Å²) >= 11 is 0. The van der Waals surface area contributed by atoms with E-state index in [4.69, 9.17) is 4.98 Å². The molecule has 1 N–H and O–H groups in total. The molecular weight excluding hydrogens is 407 g/mol. The van der Waals surface area contributed by atoms with Crippen LogP contribution >= 0.6 is 0 Å². The topological polar surface area (TPSA) is 77.6 Å². The predicted molar refractivity (Wildman–Crippen MR) is 121 cm³/mol. The number of amides is 1. The highest BCUT2D eigenvalue weighted by Crippen LogP contribution is 2.27. The van der Waals surface area contributed by atoms with Gasteiger partial charge in [0.2, 0.25) is 0 Å². The molecule has 3 heterocycles. The summed E-state index contributed by atoms with van der Waals surface area (Å²) in [6.07, 6.45) is 5.13. The fourth-order valence-corrected chi connectivity index (χ4v) is 3.75. The third-order valence-electron chi connectivity index (χ3n) is 5.49. The van der Waals surface area contributed by atoms with Crippen LogP contribution in [0.15, 0.2) is 48.9 Å². The average Bonchev–Trinajstić information content (AvgIpc) is 3.37. The summed E-state index contributed by atoms with van der Waals surface area (Å²) in [5.74, 6) is 0.0775. The Kier molecular flexibility index (Phi) is 5.78. The summed E-state index contributed by atoms with van der Waals surface area (Å²) < 4.78 is 17.6. The van der Waals surface area contributed by atoms with E-state index in [0.717, 1.165) is 5.69 Å². The molecule has 8 heteroatoms. The monoisotopic (exact) mass is 434 g/mol. The molecule has 0 aliphatic carbocycles. The standard InChI is InChI=1S/C24H27FN6O/c1-14(2)20-12-18(19-13-27-31(15(3)4)22(19)28-20)24(32)29-21(23-26-9-10-30(23)5)16-7-6-8-17(25)11-16/h6-15,21H,1-5H3,(H,29,32). The summed E-state index contributed by atoms with van der Waals surface area (Å²) in [6.45, 7) is 8.12. The Bertz CT molecular complexity index is 1270. The molecule has 1 aromatic carbocycles. The lowest BCUT2D eigenvalue weighted by Crippen LogP contribution is -2.31. The number of nitrogens with one attached hydrogen (secondary N) is 1. The maximum Gasteiger partial charge on any atom is 0.253 e. The molecule has 7 nitrogen and oxygen atoms in total. The quantitative estimate of drug-likeness (QED) is 0.484. The number of carbonyl (C=O) groups excluding carboxylic acids is 1. The van der Waals surface area contributed by atoms with Gasteiger partial charge in [-0.15, -0.1) is 0 Å². The maximum absolute atomic E-state index is 14.0. The Morgan fingerprint density at radius 1 is 1.16 bits per heavy atom. The molecule has 32 heavy (non-hydrogen) atoms. The Hall–Kier alpha value is -3.55. The molecule has 1 amide bonds. The second-order valence-electron chi connectivity index (χ2n) is 8.53. The van der Waals surface area contributed by atoms with E-state index in [1.54, 1.807) is 30.7 Å². The van der Waals surface area contributed by atoms with Gasteiger partial charge < -0.3 is 9.88 Å². The zero-order valence-corrected chi connectivity index (χ0v) is 18.9. The summed E-state index contributed by atoms with van der Waals surface area (Å²) in [7, 11) is 1.84. The van der Waals surface area contributed by atoms with Gasteiger partial charge in [-0.2, -0.15) is 5.10 Å². The number of halogens is 1. The molecule has 1 unspecified atom stereocenters. The SMILES string of the molecule is CC(C)c1cc(C(=O)NC(c2cccc(F)c2)c2nccn2C)c2cnn(C(C)C)c2n1. The second kappa shape index (κ2) is 8.53. The van der Waals surface area contributed by atoms with Gasteiger partial charge in [0.15, 0.2) is 5.65 Å². The highest BCUT2D eigenvalue weighted by atomic mass is 19.1. The lowest BCUT2D eigenvalue weighted by atomic mass is 10.0. The van der Waals surface area contributed by atoms with Crippen LogP contribution in [0.2, 0.25) is 0 Å². The first-order chi connectivity index (χ1) is 15.3. The van der Waals surface area contributed by atoms with Crippen molar-refractivity contribution in [3.63, 3.8) is 0 Å². The first kappa shape index (κ1) is 21.7. The summed E-state index contributed by atoms with van der Waals surface area (Å²) in [5, 5.41) is 8.20. The van der Waals surface area contributed by atoms with Crippen LogP contribution in [-0.2, 0) is 7.05 Å². The van der Waals surface area contributed by atoms with Crippen molar-refractivity contribution in [1.29, 1.82) is 0 Å². The van der Waals surface area contributed by atoms with Crippen LogP contribution in [0.1, 0.15) is 73.1 Å². The van der Waals surface area contributed by atoms with Gasteiger partial charge in [-0.1, -0.05) is 26.0 Å². The molecule has 1 atom stereocenters. The Morgan fingerprint density at radius 2 is 1.94 bits per heavy atom. The third kappa shape index (κ3) is 4.00. The summed E-state index contributed by atoms with van der Waals surface area (Å²) in [6, 6.07) is 7.49. The minimum absolute atomic E-state index is 0.103. The highest BCUT2D eigenvalue weighted by molar-refractivity contribution is 6.05. The molecule has 4 rings (SSSR count). The molecule has 0 fully saturated rings. The minimum atomic E-state index is -0.621. The lowest BCUT2D eigenvalue weighted by Gasteiger charge is -2.20. The first-order valence-electron chi connectivity index (χ1n) is 10.7. The molecule has 0 saturated heterocycles. The number of hydrogen-bond donors (Lipinski definition) is 1. The molecular formula is C24H27FN6O. The van der Waals surface area contributed by atoms with E-state index in [2.05, 4.69) is 15.4 Å². The van der Waals surface area contributed by atoms with Crippen LogP contribution in [0.5, 0.6) is 0 Å². The van der Waals surface area contributed by atoms with E-state index in [-0.39, 0.29) is 23.7 Å². The number of aryl methyl sites for hydroxylation is 1. The van der Waals surface area contributed by atoms with Crippen LogP contribution in [0.4, 0.5) is 4.39 Å². The zero-order chi connectivity index (χ0) is 23.0. The number of carbonyl (C=O) groups is 1. The molecule has 0 aliphatic rings. The molecule has 3 aromatic heterocycles. The van der Waals surface area contributed by atoms with Crippen LogP contribution in [0.3, 0.4) is 0 Å². The number of pyridine rings is 1. The van der Waals surface area contributed by atoms with Gasteiger partial charge in [0, 0.05) is 31.2 Å². The van der Waals surface area contributed by atoms with Crippen molar-refractivity contribution in [3.05, 3.63) is 77.4 Å². The van der Waals surface area contributed by atoms with Crippen molar-refractivity contribution in [1.82, 2.24) is 29.6 Å². The van der Waals surface area contributed by atoms with E-state index >= 15 is 0 Å². The average molecular weight is 435 g/mol. The van der Waals surface area contributed by atoms with Crippen molar-refractivity contribution in [2.24, 2.45) is 7.05 Å². The highest BCUT2D eigenvalue weighted by Gasteiger charge is 2.25. The number of imidazole rings is 1. The van der Waals surface area contributed by atoms with Crippen LogP contribution in [0.25, 0.3) is 11.0 Å². The molecule has 0 aliphatic heterocycles. The Morgan fingerprint density at radius 3 is 2.56 bits per heavy atom. The normalized spacial score (nSPS) is 12.6. The summed E-state index contributed by atoms with van der Waals surface area (Å²) in [4.78, 5) is 22.7. The van der Waals surface area contributed by atoms with Crippen LogP contribution < -0.4 is 5.32 Å². The minimum Gasteiger partial charge on any atom is -0.338 e. The first-order valence-corrected chi connectivity index (χ1v) is 10.7. The van der Waals surface area contributed by atoms with Crippen molar-refractivity contribution in [2.45, 2.75) is 45.7 Å². The summed E-state index contributed by atoms with van der Waals surface area (Å²) in [5.41, 5.74) is 2.58. The molecule has 0 radical (unpaired) electrons. The fraction of sp³-hybridized carbons (Fsp3) is 0.333. The van der Waals surface area contributed by atoms with Gasteiger partial charge in [0.05, 0.1) is 17.1 Å². The number of rotatable bonds is 6. The maximum atomic E-state index is 14.0. The number of nitrogens with zero attached hydrogens (tertiary/aromatic N) is 5. The van der Waals surface area contributed by atoms with Gasteiger partial charge in [-0.25, -0.2) is 19.0 Å². The molecule has 0 saturated carbocycles.